The summed E-state index contributed by atoms with van der Waals surface area (Å²) in [6.07, 6.45) is 4.25. The Hall–Kier alpha value is -1.43. The lowest BCUT2D eigenvalue weighted by Gasteiger charge is -2.24. The smallest absolute Gasteiger partial charge is 0.323 e. The molecule has 6 heteroatoms. The van der Waals surface area contributed by atoms with Crippen LogP contribution in [0.5, 0.6) is 0 Å². The molecule has 0 fully saturated rings. The van der Waals surface area contributed by atoms with Crippen LogP contribution in [0.3, 0.4) is 0 Å². The molecule has 19 heavy (non-hydrogen) atoms. The molecule has 0 aliphatic rings. The molecule has 1 atom stereocenters. The predicted octanol–water partition coefficient (Wildman–Crippen LogP) is 2.15. The standard InChI is InChI=1S/C13H23N3O3/c1-4-6-7-10-15-11(19-16-10)9-14-13(3,8-5-2)12(17)18/h14H,4-9H2,1-3H3,(H,17,18). The SMILES string of the molecule is CCCCc1noc(CNC(C)(CCC)C(=O)O)n1. The highest BCUT2D eigenvalue weighted by molar-refractivity contribution is 5.78. The highest BCUT2D eigenvalue weighted by Gasteiger charge is 2.31. The summed E-state index contributed by atoms with van der Waals surface area (Å²) < 4.78 is 5.10. The monoisotopic (exact) mass is 269 g/mol. The minimum absolute atomic E-state index is 0.280. The van der Waals surface area contributed by atoms with E-state index in [4.69, 9.17) is 4.52 Å². The van der Waals surface area contributed by atoms with Crippen molar-refractivity contribution in [3.63, 3.8) is 0 Å². The average molecular weight is 269 g/mol. The maximum absolute atomic E-state index is 11.2. The summed E-state index contributed by atoms with van der Waals surface area (Å²) >= 11 is 0. The number of nitrogens with one attached hydrogen (secondary N) is 1. The van der Waals surface area contributed by atoms with Crippen LogP contribution in [0.25, 0.3) is 0 Å². The van der Waals surface area contributed by atoms with Crippen molar-refractivity contribution in [3.05, 3.63) is 11.7 Å². The summed E-state index contributed by atoms with van der Waals surface area (Å²) in [5.41, 5.74) is -0.952. The minimum atomic E-state index is -0.952. The predicted molar refractivity (Wildman–Crippen MR) is 70.7 cm³/mol. The van der Waals surface area contributed by atoms with Crippen molar-refractivity contribution in [1.82, 2.24) is 15.5 Å². The Morgan fingerprint density at radius 1 is 1.42 bits per heavy atom. The molecule has 0 aromatic carbocycles. The molecule has 1 rings (SSSR count). The average Bonchev–Trinajstić information content (AvgIpc) is 2.82. The number of rotatable bonds is 9. The molecule has 0 saturated heterocycles. The van der Waals surface area contributed by atoms with Crippen molar-refractivity contribution < 1.29 is 14.4 Å². The van der Waals surface area contributed by atoms with Crippen molar-refractivity contribution in [1.29, 1.82) is 0 Å². The number of hydrogen-bond acceptors (Lipinski definition) is 5. The molecular weight excluding hydrogens is 246 g/mol. The molecule has 1 unspecified atom stereocenters. The van der Waals surface area contributed by atoms with Gasteiger partial charge in [-0.05, 0) is 19.8 Å². The molecule has 0 radical (unpaired) electrons. The van der Waals surface area contributed by atoms with E-state index in [-0.39, 0.29) is 6.54 Å². The van der Waals surface area contributed by atoms with Crippen LogP contribution in [0.4, 0.5) is 0 Å². The molecule has 1 aromatic rings. The number of aromatic nitrogens is 2. The van der Waals surface area contributed by atoms with Crippen molar-refractivity contribution in [2.75, 3.05) is 0 Å². The number of carbonyl (C=O) groups is 1. The normalized spacial score (nSPS) is 14.3. The number of hydrogen-bond donors (Lipinski definition) is 2. The van der Waals surface area contributed by atoms with Crippen molar-refractivity contribution >= 4 is 5.97 Å². The molecule has 0 saturated carbocycles. The Morgan fingerprint density at radius 2 is 2.16 bits per heavy atom. The molecule has 1 heterocycles. The van der Waals surface area contributed by atoms with Gasteiger partial charge in [0.1, 0.15) is 5.54 Å². The molecule has 2 N–H and O–H groups in total. The van der Waals surface area contributed by atoms with Gasteiger partial charge in [0.15, 0.2) is 5.82 Å². The number of carboxylic acids is 1. The fourth-order valence-corrected chi connectivity index (χ4v) is 1.84. The molecule has 0 spiro atoms. The number of nitrogens with zero attached hydrogens (tertiary/aromatic N) is 2. The largest absolute Gasteiger partial charge is 0.480 e. The topological polar surface area (TPSA) is 88.2 Å². The lowest BCUT2D eigenvalue weighted by molar-refractivity contribution is -0.144. The molecule has 0 aliphatic heterocycles. The van der Waals surface area contributed by atoms with Crippen LogP contribution in [0.15, 0.2) is 4.52 Å². The highest BCUT2D eigenvalue weighted by atomic mass is 16.5. The van der Waals surface area contributed by atoms with E-state index in [9.17, 15) is 9.90 Å². The molecule has 0 bridgehead atoms. The van der Waals surface area contributed by atoms with Crippen LogP contribution >= 0.6 is 0 Å². The second-order valence-corrected chi connectivity index (χ2v) is 4.95. The van der Waals surface area contributed by atoms with E-state index in [2.05, 4.69) is 22.4 Å². The third-order valence-corrected chi connectivity index (χ3v) is 3.12. The summed E-state index contributed by atoms with van der Waals surface area (Å²) in [7, 11) is 0. The van der Waals surface area contributed by atoms with Crippen LogP contribution in [0.2, 0.25) is 0 Å². The van der Waals surface area contributed by atoms with E-state index in [1.54, 1.807) is 6.92 Å². The lowest BCUT2D eigenvalue weighted by Crippen LogP contribution is -2.49. The van der Waals surface area contributed by atoms with Crippen molar-refractivity contribution in [2.45, 2.75) is 65.0 Å². The Balaban J connectivity index is 2.54. The molecule has 6 nitrogen and oxygen atoms in total. The van der Waals surface area contributed by atoms with Crippen LogP contribution in [0, 0.1) is 0 Å². The molecule has 0 amide bonds. The van der Waals surface area contributed by atoms with Crippen LogP contribution in [0.1, 0.15) is 58.2 Å². The van der Waals surface area contributed by atoms with Gasteiger partial charge in [0.2, 0.25) is 5.89 Å². The number of unbranched alkanes of at least 4 members (excludes halogenated alkanes) is 1. The summed E-state index contributed by atoms with van der Waals surface area (Å²) in [5.74, 6) is 0.265. The summed E-state index contributed by atoms with van der Waals surface area (Å²) in [4.78, 5) is 15.5. The molecule has 108 valence electrons. The van der Waals surface area contributed by atoms with Crippen molar-refractivity contribution in [3.8, 4) is 0 Å². The van der Waals surface area contributed by atoms with Crippen molar-refractivity contribution in [2.24, 2.45) is 0 Å². The van der Waals surface area contributed by atoms with Gasteiger partial charge in [-0.15, -0.1) is 0 Å². The van der Waals surface area contributed by atoms with E-state index in [1.807, 2.05) is 6.92 Å². The first kappa shape index (κ1) is 15.6. The van der Waals surface area contributed by atoms with Crippen LogP contribution < -0.4 is 5.32 Å². The third kappa shape index (κ3) is 4.63. The maximum Gasteiger partial charge on any atom is 0.323 e. The number of carboxylic acid groups (broad SMARTS) is 1. The van der Waals surface area contributed by atoms with Gasteiger partial charge in [-0.3, -0.25) is 10.1 Å². The van der Waals surface area contributed by atoms with Gasteiger partial charge in [-0.25, -0.2) is 0 Å². The molecule has 1 aromatic heterocycles. The zero-order chi connectivity index (χ0) is 14.3. The second-order valence-electron chi connectivity index (χ2n) is 4.95. The first-order valence-electron chi connectivity index (χ1n) is 6.81. The van der Waals surface area contributed by atoms with E-state index >= 15 is 0 Å². The highest BCUT2D eigenvalue weighted by Crippen LogP contribution is 2.13. The van der Waals surface area contributed by atoms with Crippen LogP contribution in [-0.4, -0.2) is 26.8 Å². The van der Waals surface area contributed by atoms with Gasteiger partial charge < -0.3 is 9.63 Å². The van der Waals surface area contributed by atoms with Gasteiger partial charge in [-0.1, -0.05) is 31.8 Å². The minimum Gasteiger partial charge on any atom is -0.480 e. The molecule has 0 aliphatic carbocycles. The Bertz CT molecular complexity index is 406. The first-order chi connectivity index (χ1) is 9.01. The van der Waals surface area contributed by atoms with E-state index in [0.717, 1.165) is 25.7 Å². The Labute approximate surface area is 113 Å². The van der Waals surface area contributed by atoms with Gasteiger partial charge >= 0.3 is 5.97 Å². The fraction of sp³-hybridized carbons (Fsp3) is 0.769. The summed E-state index contributed by atoms with van der Waals surface area (Å²) in [5, 5.41) is 16.1. The Morgan fingerprint density at radius 3 is 2.74 bits per heavy atom. The first-order valence-corrected chi connectivity index (χ1v) is 6.81. The quantitative estimate of drug-likeness (QED) is 0.714. The van der Waals surface area contributed by atoms with Gasteiger partial charge in [0.05, 0.1) is 6.54 Å². The zero-order valence-electron chi connectivity index (χ0n) is 11.9. The van der Waals surface area contributed by atoms with Gasteiger partial charge in [-0.2, -0.15) is 4.98 Å². The summed E-state index contributed by atoms with van der Waals surface area (Å²) in [6, 6.07) is 0. The third-order valence-electron chi connectivity index (χ3n) is 3.12. The van der Waals surface area contributed by atoms with E-state index in [0.29, 0.717) is 18.1 Å². The van der Waals surface area contributed by atoms with Gasteiger partial charge in [0, 0.05) is 6.42 Å². The van der Waals surface area contributed by atoms with E-state index < -0.39 is 11.5 Å². The lowest BCUT2D eigenvalue weighted by atomic mass is 9.96. The van der Waals surface area contributed by atoms with E-state index in [1.165, 1.54) is 0 Å². The zero-order valence-corrected chi connectivity index (χ0v) is 11.9. The Kier molecular flexibility index (Phi) is 5.95. The van der Waals surface area contributed by atoms with Gasteiger partial charge in [0.25, 0.3) is 0 Å². The maximum atomic E-state index is 11.2. The number of aliphatic carboxylic acids is 1. The second kappa shape index (κ2) is 7.23. The molecular formula is C13H23N3O3. The summed E-state index contributed by atoms with van der Waals surface area (Å²) in [6.45, 7) is 6.01. The fourth-order valence-electron chi connectivity index (χ4n) is 1.84. The van der Waals surface area contributed by atoms with Crippen LogP contribution in [-0.2, 0) is 17.8 Å². The number of aryl methyl sites for hydroxylation is 1.